The number of benzene rings is 2. The first-order valence-corrected chi connectivity index (χ1v) is 11.1. The van der Waals surface area contributed by atoms with Crippen molar-refractivity contribution in [1.82, 2.24) is 14.7 Å². The zero-order chi connectivity index (χ0) is 23.5. The Labute approximate surface area is 190 Å². The van der Waals surface area contributed by atoms with Crippen molar-refractivity contribution in [3.63, 3.8) is 0 Å². The highest BCUT2D eigenvalue weighted by Gasteiger charge is 2.73. The molecule has 0 N–H and O–H groups in total. The predicted molar refractivity (Wildman–Crippen MR) is 116 cm³/mol. The normalized spacial score (nSPS) is 28.5. The van der Waals surface area contributed by atoms with Crippen LogP contribution in [0.3, 0.4) is 0 Å². The molecule has 0 spiro atoms. The van der Waals surface area contributed by atoms with Gasteiger partial charge in [0.1, 0.15) is 11.4 Å². The third-order valence-corrected chi connectivity index (χ3v) is 7.30. The molecule has 0 aliphatic carbocycles. The van der Waals surface area contributed by atoms with E-state index in [2.05, 4.69) is 0 Å². The molecule has 4 atom stereocenters. The van der Waals surface area contributed by atoms with Crippen molar-refractivity contribution < 1.29 is 23.6 Å². The van der Waals surface area contributed by atoms with Crippen molar-refractivity contribution >= 4 is 23.6 Å². The van der Waals surface area contributed by atoms with Crippen LogP contribution in [0.25, 0.3) is 0 Å². The topological polar surface area (TPSA) is 78.0 Å². The van der Waals surface area contributed by atoms with E-state index in [0.717, 1.165) is 5.56 Å². The van der Waals surface area contributed by atoms with E-state index < -0.39 is 41.0 Å². The molecular formula is C25H24FN3O4. The number of amides is 4. The smallest absolute Gasteiger partial charge is 0.255 e. The van der Waals surface area contributed by atoms with Crippen LogP contribution in [0, 0.1) is 17.7 Å². The highest BCUT2D eigenvalue weighted by Crippen LogP contribution is 2.52. The summed E-state index contributed by atoms with van der Waals surface area (Å²) in [5.41, 5.74) is -0.464. The van der Waals surface area contributed by atoms with E-state index in [1.165, 1.54) is 34.1 Å². The Morgan fingerprint density at radius 1 is 1.03 bits per heavy atom. The molecule has 2 aromatic carbocycles. The highest BCUT2D eigenvalue weighted by molar-refractivity contribution is 6.13. The van der Waals surface area contributed by atoms with Gasteiger partial charge in [-0.3, -0.25) is 24.1 Å². The lowest BCUT2D eigenvalue weighted by Gasteiger charge is -2.47. The maximum absolute atomic E-state index is 13.6. The fourth-order valence-corrected chi connectivity index (χ4v) is 5.73. The minimum Gasteiger partial charge on any atom is -0.339 e. The molecule has 170 valence electrons. The Morgan fingerprint density at radius 3 is 2.33 bits per heavy atom. The molecule has 3 aliphatic heterocycles. The lowest BCUT2D eigenvalue weighted by molar-refractivity contribution is -0.155. The van der Waals surface area contributed by atoms with Crippen molar-refractivity contribution in [3.8, 4) is 0 Å². The number of piperazine rings is 1. The van der Waals surface area contributed by atoms with E-state index >= 15 is 0 Å². The zero-order valence-electron chi connectivity index (χ0n) is 18.4. The largest absolute Gasteiger partial charge is 0.339 e. The summed E-state index contributed by atoms with van der Waals surface area (Å²) in [6.45, 7) is 4.15. The predicted octanol–water partition coefficient (Wildman–Crippen LogP) is 2.07. The van der Waals surface area contributed by atoms with Gasteiger partial charge in [-0.05, 0) is 43.7 Å². The molecule has 33 heavy (non-hydrogen) atoms. The molecule has 3 saturated heterocycles. The summed E-state index contributed by atoms with van der Waals surface area (Å²) >= 11 is 0. The lowest BCUT2D eigenvalue weighted by atomic mass is 9.81. The number of hydrogen-bond donors (Lipinski definition) is 0. The number of nitrogens with zero attached hydrogens (tertiary/aromatic N) is 3. The number of halogens is 1. The van der Waals surface area contributed by atoms with Gasteiger partial charge in [-0.1, -0.05) is 30.3 Å². The molecule has 4 amide bonds. The Bertz CT molecular complexity index is 1150. The second-order valence-corrected chi connectivity index (χ2v) is 8.99. The number of carbonyl (C=O) groups is 4. The third-order valence-electron chi connectivity index (χ3n) is 7.30. The molecule has 7 nitrogen and oxygen atoms in total. The first-order valence-electron chi connectivity index (χ1n) is 11.1. The van der Waals surface area contributed by atoms with Gasteiger partial charge in [0.15, 0.2) is 0 Å². The van der Waals surface area contributed by atoms with Crippen molar-refractivity contribution in [2.75, 3.05) is 13.1 Å². The van der Waals surface area contributed by atoms with Gasteiger partial charge in [0.2, 0.25) is 17.7 Å². The van der Waals surface area contributed by atoms with Crippen LogP contribution in [0.2, 0.25) is 0 Å². The van der Waals surface area contributed by atoms with E-state index in [1.54, 1.807) is 11.8 Å². The SMILES string of the molecule is CCN1CC2C3C(=O)N(Cc4ccccc4)C(=O)C3[C@](C)(C1=O)N2C(=O)c1ccc(F)cc1. The third kappa shape index (κ3) is 2.93. The van der Waals surface area contributed by atoms with E-state index in [0.29, 0.717) is 6.54 Å². The van der Waals surface area contributed by atoms with Crippen LogP contribution in [0.5, 0.6) is 0 Å². The van der Waals surface area contributed by atoms with Gasteiger partial charge in [0.05, 0.1) is 24.4 Å². The molecular weight excluding hydrogens is 425 g/mol. The summed E-state index contributed by atoms with van der Waals surface area (Å²) in [5.74, 6) is -3.83. The summed E-state index contributed by atoms with van der Waals surface area (Å²) in [7, 11) is 0. The molecule has 0 radical (unpaired) electrons. The minimum absolute atomic E-state index is 0.131. The number of carbonyl (C=O) groups excluding carboxylic acids is 4. The van der Waals surface area contributed by atoms with Crippen LogP contribution in [0.4, 0.5) is 4.39 Å². The lowest BCUT2D eigenvalue weighted by Crippen LogP contribution is -2.68. The number of likely N-dealkylation sites (N-methyl/N-ethyl adjacent to an activating group) is 1. The Hall–Kier alpha value is -3.55. The first kappa shape index (κ1) is 21.3. The molecule has 0 saturated carbocycles. The fraction of sp³-hybridized carbons (Fsp3) is 0.360. The van der Waals surface area contributed by atoms with E-state index in [1.807, 2.05) is 37.3 Å². The van der Waals surface area contributed by atoms with Gasteiger partial charge < -0.3 is 9.80 Å². The van der Waals surface area contributed by atoms with Gasteiger partial charge in [0, 0.05) is 18.7 Å². The monoisotopic (exact) mass is 449 g/mol. The molecule has 8 heteroatoms. The minimum atomic E-state index is -1.49. The van der Waals surface area contributed by atoms with Crippen molar-refractivity contribution in [1.29, 1.82) is 0 Å². The fourth-order valence-electron chi connectivity index (χ4n) is 5.73. The summed E-state index contributed by atoms with van der Waals surface area (Å²) in [4.78, 5) is 58.5. The molecule has 2 aromatic rings. The molecule has 3 aliphatic rings. The Kier molecular flexibility index (Phi) is 4.84. The molecule has 5 rings (SSSR count). The molecule has 3 heterocycles. The van der Waals surface area contributed by atoms with E-state index in [9.17, 15) is 23.6 Å². The van der Waals surface area contributed by atoms with Crippen LogP contribution >= 0.6 is 0 Å². The summed E-state index contributed by atoms with van der Waals surface area (Å²) in [6.07, 6.45) is 0. The van der Waals surface area contributed by atoms with Crippen molar-refractivity contribution in [2.45, 2.75) is 32.0 Å². The second-order valence-electron chi connectivity index (χ2n) is 8.99. The molecule has 3 fully saturated rings. The van der Waals surface area contributed by atoms with Crippen LogP contribution in [-0.4, -0.2) is 63.0 Å². The summed E-state index contributed by atoms with van der Waals surface area (Å²) in [6, 6.07) is 13.7. The van der Waals surface area contributed by atoms with Gasteiger partial charge in [-0.15, -0.1) is 0 Å². The van der Waals surface area contributed by atoms with Crippen molar-refractivity contribution in [3.05, 3.63) is 71.5 Å². The van der Waals surface area contributed by atoms with Gasteiger partial charge in [-0.2, -0.15) is 0 Å². The Balaban J connectivity index is 1.56. The quantitative estimate of drug-likeness (QED) is 0.670. The van der Waals surface area contributed by atoms with Crippen LogP contribution < -0.4 is 0 Å². The average molecular weight is 449 g/mol. The van der Waals surface area contributed by atoms with E-state index in [4.69, 9.17) is 0 Å². The standard InChI is InChI=1S/C25H24FN3O4/c1-3-27-14-18-19-20(23(32)28(22(19)31)13-15-7-5-4-6-8-15)25(2,24(27)33)29(18)21(30)16-9-11-17(26)12-10-16/h4-12,18-20H,3,13-14H2,1-2H3/t18?,19?,20?,25-/m1/s1. The molecule has 3 unspecified atom stereocenters. The number of imide groups is 1. The Morgan fingerprint density at radius 2 is 1.70 bits per heavy atom. The second kappa shape index (κ2) is 7.50. The highest BCUT2D eigenvalue weighted by atomic mass is 19.1. The maximum Gasteiger partial charge on any atom is 0.255 e. The average Bonchev–Trinajstić information content (AvgIpc) is 3.19. The summed E-state index contributed by atoms with van der Waals surface area (Å²) in [5, 5.41) is 0. The van der Waals surface area contributed by atoms with Crippen LogP contribution in [0.1, 0.15) is 29.8 Å². The summed E-state index contributed by atoms with van der Waals surface area (Å²) < 4.78 is 13.4. The zero-order valence-corrected chi connectivity index (χ0v) is 18.4. The van der Waals surface area contributed by atoms with Crippen LogP contribution in [0.15, 0.2) is 54.6 Å². The number of fused-ring (bicyclic) bond motifs is 5. The van der Waals surface area contributed by atoms with Gasteiger partial charge >= 0.3 is 0 Å². The number of rotatable bonds is 4. The molecule has 0 aromatic heterocycles. The molecule has 2 bridgehead atoms. The van der Waals surface area contributed by atoms with Crippen molar-refractivity contribution in [2.24, 2.45) is 11.8 Å². The van der Waals surface area contributed by atoms with E-state index in [-0.39, 0.29) is 30.5 Å². The van der Waals surface area contributed by atoms with Crippen LogP contribution in [-0.2, 0) is 20.9 Å². The number of likely N-dealkylation sites (tertiary alicyclic amines) is 2. The maximum atomic E-state index is 13.6. The van der Waals surface area contributed by atoms with Gasteiger partial charge in [0.25, 0.3) is 5.91 Å². The number of hydrogen-bond acceptors (Lipinski definition) is 4. The van der Waals surface area contributed by atoms with Gasteiger partial charge in [-0.25, -0.2) is 4.39 Å². The first-order chi connectivity index (χ1) is 15.8.